The van der Waals surface area contributed by atoms with Gasteiger partial charge in [-0.15, -0.1) is 11.3 Å². The third-order valence-electron chi connectivity index (χ3n) is 3.44. The summed E-state index contributed by atoms with van der Waals surface area (Å²) in [6.07, 6.45) is 3.96. The van der Waals surface area contributed by atoms with Crippen LogP contribution in [0, 0.1) is 0 Å². The molecule has 0 atom stereocenters. The first kappa shape index (κ1) is 11.9. The Balaban J connectivity index is 1.72. The van der Waals surface area contributed by atoms with Crippen LogP contribution in [-0.4, -0.2) is 52.6 Å². The van der Waals surface area contributed by atoms with Crippen LogP contribution in [0.4, 0.5) is 0 Å². The lowest BCUT2D eigenvalue weighted by atomic mass is 10.3. The van der Waals surface area contributed by atoms with Crippen molar-refractivity contribution in [1.29, 1.82) is 0 Å². The minimum atomic E-state index is 1.01. The molecule has 2 aromatic heterocycles. The summed E-state index contributed by atoms with van der Waals surface area (Å²) in [7, 11) is 2.19. The Morgan fingerprint density at radius 1 is 1.28 bits per heavy atom. The van der Waals surface area contributed by atoms with E-state index in [1.807, 2.05) is 11.6 Å². The van der Waals surface area contributed by atoms with E-state index in [4.69, 9.17) is 0 Å². The van der Waals surface area contributed by atoms with Gasteiger partial charge in [0.1, 0.15) is 0 Å². The maximum atomic E-state index is 4.38. The molecule has 0 amide bonds. The Labute approximate surface area is 111 Å². The maximum Gasteiger partial charge on any atom is 0.193 e. The summed E-state index contributed by atoms with van der Waals surface area (Å²) in [5.74, 6) is 0. The summed E-state index contributed by atoms with van der Waals surface area (Å²) in [5.41, 5.74) is 1.33. The number of hydrogen-bond donors (Lipinski definition) is 0. The predicted molar refractivity (Wildman–Crippen MR) is 74.2 cm³/mol. The molecule has 0 saturated carbocycles. The number of nitrogens with zero attached hydrogens (tertiary/aromatic N) is 4. The van der Waals surface area contributed by atoms with Crippen molar-refractivity contribution in [3.05, 3.63) is 35.6 Å². The van der Waals surface area contributed by atoms with E-state index in [-0.39, 0.29) is 0 Å². The molecule has 0 spiro atoms. The molecule has 0 radical (unpaired) electrons. The van der Waals surface area contributed by atoms with Gasteiger partial charge < -0.3 is 4.90 Å². The molecule has 0 aromatic carbocycles. The number of thiazole rings is 1. The molecule has 2 aromatic rings. The van der Waals surface area contributed by atoms with Gasteiger partial charge >= 0.3 is 0 Å². The fourth-order valence-electron chi connectivity index (χ4n) is 2.30. The zero-order chi connectivity index (χ0) is 12.4. The van der Waals surface area contributed by atoms with Crippen LogP contribution in [0.2, 0.25) is 0 Å². The minimum Gasteiger partial charge on any atom is -0.304 e. The van der Waals surface area contributed by atoms with Crippen molar-refractivity contribution in [3.8, 4) is 5.13 Å². The van der Waals surface area contributed by atoms with Gasteiger partial charge in [0.15, 0.2) is 5.13 Å². The molecule has 96 valence electrons. The van der Waals surface area contributed by atoms with Gasteiger partial charge in [0.05, 0.1) is 0 Å². The Kier molecular flexibility index (Phi) is 3.45. The molecule has 18 heavy (non-hydrogen) atoms. The molecular formula is C13H18N4S. The summed E-state index contributed by atoms with van der Waals surface area (Å²) in [6, 6.07) is 4.30. The van der Waals surface area contributed by atoms with Crippen LogP contribution in [0.3, 0.4) is 0 Å². The molecule has 1 fully saturated rings. The van der Waals surface area contributed by atoms with Crippen molar-refractivity contribution in [3.63, 3.8) is 0 Å². The van der Waals surface area contributed by atoms with Crippen molar-refractivity contribution in [1.82, 2.24) is 19.4 Å². The number of piperazine rings is 1. The second-order valence-corrected chi connectivity index (χ2v) is 5.64. The largest absolute Gasteiger partial charge is 0.304 e. The Morgan fingerprint density at radius 3 is 2.83 bits per heavy atom. The van der Waals surface area contributed by atoms with Crippen LogP contribution < -0.4 is 0 Å². The highest BCUT2D eigenvalue weighted by molar-refractivity contribution is 7.12. The van der Waals surface area contributed by atoms with Crippen LogP contribution in [0.25, 0.3) is 5.13 Å². The third-order valence-corrected chi connectivity index (χ3v) is 4.21. The summed E-state index contributed by atoms with van der Waals surface area (Å²) in [5, 5.41) is 3.08. The molecule has 3 heterocycles. The van der Waals surface area contributed by atoms with Crippen LogP contribution in [0.5, 0.6) is 0 Å². The Hall–Kier alpha value is -1.17. The predicted octanol–water partition coefficient (Wildman–Crippen LogP) is 1.68. The van der Waals surface area contributed by atoms with Gasteiger partial charge in [-0.3, -0.25) is 9.47 Å². The van der Waals surface area contributed by atoms with E-state index in [2.05, 4.69) is 44.7 Å². The normalized spacial score (nSPS) is 18.3. The van der Waals surface area contributed by atoms with E-state index in [0.717, 1.165) is 37.9 Å². The molecular weight excluding hydrogens is 244 g/mol. The highest BCUT2D eigenvalue weighted by atomic mass is 32.1. The van der Waals surface area contributed by atoms with Crippen molar-refractivity contribution < 1.29 is 0 Å². The lowest BCUT2D eigenvalue weighted by molar-refractivity contribution is 0.146. The number of rotatable bonds is 3. The molecule has 0 unspecified atom stereocenters. The van der Waals surface area contributed by atoms with Gasteiger partial charge in [-0.1, -0.05) is 0 Å². The summed E-state index contributed by atoms with van der Waals surface area (Å²) in [4.78, 5) is 9.28. The molecule has 0 bridgehead atoms. The smallest absolute Gasteiger partial charge is 0.193 e. The van der Waals surface area contributed by atoms with E-state index in [1.54, 1.807) is 11.3 Å². The van der Waals surface area contributed by atoms with E-state index >= 15 is 0 Å². The number of likely N-dealkylation sites (N-methyl/N-ethyl adjacent to an activating group) is 1. The van der Waals surface area contributed by atoms with Gasteiger partial charge in [-0.25, -0.2) is 4.98 Å². The molecule has 1 saturated heterocycles. The zero-order valence-electron chi connectivity index (χ0n) is 10.6. The molecule has 0 N–H and O–H groups in total. The first-order valence-corrected chi connectivity index (χ1v) is 7.18. The molecule has 1 aliphatic heterocycles. The minimum absolute atomic E-state index is 1.01. The Morgan fingerprint density at radius 2 is 2.11 bits per heavy atom. The van der Waals surface area contributed by atoms with Gasteiger partial charge in [-0.05, 0) is 19.2 Å². The zero-order valence-corrected chi connectivity index (χ0v) is 11.4. The average molecular weight is 262 g/mol. The molecule has 0 aliphatic carbocycles. The fourth-order valence-corrected chi connectivity index (χ4v) is 2.96. The highest BCUT2D eigenvalue weighted by Gasteiger charge is 2.15. The van der Waals surface area contributed by atoms with E-state index in [9.17, 15) is 0 Å². The van der Waals surface area contributed by atoms with Crippen LogP contribution in [0.1, 0.15) is 5.69 Å². The number of hydrogen-bond acceptors (Lipinski definition) is 4. The van der Waals surface area contributed by atoms with Crippen molar-refractivity contribution in [2.24, 2.45) is 0 Å². The second kappa shape index (κ2) is 5.22. The standard InChI is InChI=1S/C13H18N4S/c1-15-6-8-16(9-7-15)11-12-3-2-5-17(12)13-14-4-10-18-13/h2-5,10H,6-9,11H2,1H3. The highest BCUT2D eigenvalue weighted by Crippen LogP contribution is 2.17. The lowest BCUT2D eigenvalue weighted by Crippen LogP contribution is -2.44. The second-order valence-electron chi connectivity index (χ2n) is 4.76. The van der Waals surface area contributed by atoms with Gasteiger partial charge in [-0.2, -0.15) is 0 Å². The van der Waals surface area contributed by atoms with Crippen LogP contribution in [0.15, 0.2) is 29.9 Å². The Bertz CT molecular complexity index is 483. The molecule has 4 nitrogen and oxygen atoms in total. The van der Waals surface area contributed by atoms with Crippen LogP contribution in [-0.2, 0) is 6.54 Å². The molecule has 5 heteroatoms. The summed E-state index contributed by atoms with van der Waals surface area (Å²) < 4.78 is 2.20. The summed E-state index contributed by atoms with van der Waals surface area (Å²) >= 11 is 1.68. The quantitative estimate of drug-likeness (QED) is 0.841. The van der Waals surface area contributed by atoms with Gasteiger partial charge in [0, 0.05) is 56.2 Å². The SMILES string of the molecule is CN1CCN(Cc2cccn2-c2nccs2)CC1. The first-order valence-electron chi connectivity index (χ1n) is 6.30. The maximum absolute atomic E-state index is 4.38. The van der Waals surface area contributed by atoms with E-state index < -0.39 is 0 Å². The van der Waals surface area contributed by atoms with E-state index in [1.165, 1.54) is 5.69 Å². The van der Waals surface area contributed by atoms with Crippen molar-refractivity contribution in [2.45, 2.75) is 6.54 Å². The number of aromatic nitrogens is 2. The third kappa shape index (κ3) is 2.48. The van der Waals surface area contributed by atoms with E-state index in [0.29, 0.717) is 0 Å². The van der Waals surface area contributed by atoms with Crippen molar-refractivity contribution >= 4 is 11.3 Å². The first-order chi connectivity index (χ1) is 8.83. The monoisotopic (exact) mass is 262 g/mol. The fraction of sp³-hybridized carbons (Fsp3) is 0.462. The molecule has 3 rings (SSSR count). The van der Waals surface area contributed by atoms with Crippen LogP contribution >= 0.6 is 11.3 Å². The lowest BCUT2D eigenvalue weighted by Gasteiger charge is -2.32. The van der Waals surface area contributed by atoms with Crippen molar-refractivity contribution in [2.75, 3.05) is 33.2 Å². The topological polar surface area (TPSA) is 24.3 Å². The average Bonchev–Trinajstić information content (AvgIpc) is 3.02. The molecule has 1 aliphatic rings. The summed E-state index contributed by atoms with van der Waals surface area (Å²) in [6.45, 7) is 5.65. The van der Waals surface area contributed by atoms with Gasteiger partial charge in [0.25, 0.3) is 0 Å². The van der Waals surface area contributed by atoms with Gasteiger partial charge in [0.2, 0.25) is 0 Å².